The summed E-state index contributed by atoms with van der Waals surface area (Å²) >= 11 is 6.40. The van der Waals surface area contributed by atoms with Gasteiger partial charge in [0.15, 0.2) is 0 Å². The van der Waals surface area contributed by atoms with Gasteiger partial charge in [0.2, 0.25) is 6.41 Å². The number of para-hydroxylation sites is 1. The van der Waals surface area contributed by atoms with Crippen molar-refractivity contribution in [3.05, 3.63) is 47.0 Å². The highest BCUT2D eigenvalue weighted by molar-refractivity contribution is 6.35. The van der Waals surface area contributed by atoms with Crippen molar-refractivity contribution >= 4 is 35.1 Å². The van der Waals surface area contributed by atoms with Crippen LogP contribution >= 0.6 is 11.6 Å². The third kappa shape index (κ3) is 3.51. The molecule has 1 aromatic carbocycles. The molecule has 162 valence electrons. The first-order chi connectivity index (χ1) is 15.1. The van der Waals surface area contributed by atoms with Gasteiger partial charge in [0.25, 0.3) is 0 Å². The minimum Gasteiger partial charge on any atom is -0.359 e. The first-order valence-electron chi connectivity index (χ1n) is 10.8. The highest BCUT2D eigenvalue weighted by Gasteiger charge is 2.32. The predicted octanol–water partition coefficient (Wildman–Crippen LogP) is 4.04. The largest absolute Gasteiger partial charge is 0.359 e. The van der Waals surface area contributed by atoms with Crippen molar-refractivity contribution in [1.82, 2.24) is 24.8 Å². The van der Waals surface area contributed by atoms with E-state index in [0.717, 1.165) is 72.4 Å². The monoisotopic (exact) mass is 438 g/mol. The first-order valence-corrected chi connectivity index (χ1v) is 11.2. The molecular weight excluding hydrogens is 412 g/mol. The Hall–Kier alpha value is -2.77. The summed E-state index contributed by atoms with van der Waals surface area (Å²) in [6.07, 6.45) is 8.86. The van der Waals surface area contributed by atoms with Gasteiger partial charge in [-0.15, -0.1) is 0 Å². The van der Waals surface area contributed by atoms with Gasteiger partial charge in [-0.3, -0.25) is 4.79 Å². The van der Waals surface area contributed by atoms with Crippen molar-refractivity contribution in [3.63, 3.8) is 0 Å². The minimum atomic E-state index is -0.281. The number of aromatic nitrogens is 3. The van der Waals surface area contributed by atoms with Gasteiger partial charge in [-0.05, 0) is 43.7 Å². The molecule has 1 atom stereocenters. The van der Waals surface area contributed by atoms with Crippen LogP contribution in [0.1, 0.15) is 49.3 Å². The van der Waals surface area contributed by atoms with E-state index >= 15 is 0 Å². The number of benzene rings is 1. The number of rotatable bonds is 5. The maximum atomic E-state index is 10.6. The summed E-state index contributed by atoms with van der Waals surface area (Å²) in [6.45, 7) is 0.757. The van der Waals surface area contributed by atoms with Gasteiger partial charge in [0.05, 0.1) is 21.9 Å². The second kappa shape index (κ2) is 8.05. The Bertz CT molecular complexity index is 1140. The van der Waals surface area contributed by atoms with E-state index in [1.165, 1.54) is 0 Å². The van der Waals surface area contributed by atoms with E-state index in [0.29, 0.717) is 16.9 Å². The lowest BCUT2D eigenvalue weighted by molar-refractivity contribution is -0.109. The molecule has 31 heavy (non-hydrogen) atoms. The molecule has 7 nitrogen and oxygen atoms in total. The number of imidazole rings is 1. The van der Waals surface area contributed by atoms with Crippen LogP contribution in [0, 0.1) is 5.92 Å². The van der Waals surface area contributed by atoms with Gasteiger partial charge >= 0.3 is 0 Å². The van der Waals surface area contributed by atoms with Crippen LogP contribution in [0.5, 0.6) is 0 Å². The normalized spacial score (nSPS) is 23.2. The number of hydrogen-bond donors (Lipinski definition) is 3. The Kier molecular flexibility index (Phi) is 5.24. The zero-order valence-corrected chi connectivity index (χ0v) is 18.3. The first kappa shape index (κ1) is 20.2. The molecule has 1 aliphatic carbocycles. The fraction of sp³-hybridized carbons (Fsp3) is 0.391. The van der Waals surface area contributed by atoms with Crippen LogP contribution in [-0.4, -0.2) is 39.4 Å². The molecule has 2 aliphatic rings. The van der Waals surface area contributed by atoms with Crippen molar-refractivity contribution < 1.29 is 4.79 Å². The van der Waals surface area contributed by atoms with Crippen molar-refractivity contribution in [3.8, 4) is 11.4 Å². The zero-order valence-electron chi connectivity index (χ0n) is 17.5. The Morgan fingerprint density at radius 1 is 1.29 bits per heavy atom. The molecule has 1 amide bonds. The molecular formula is C23H27ClN6O. The summed E-state index contributed by atoms with van der Waals surface area (Å²) in [5, 5.41) is 4.58. The highest BCUT2D eigenvalue weighted by Crippen LogP contribution is 2.41. The van der Waals surface area contributed by atoms with Gasteiger partial charge in [-0.2, -0.15) is 0 Å². The lowest BCUT2D eigenvalue weighted by atomic mass is 9.81. The predicted molar refractivity (Wildman–Crippen MR) is 123 cm³/mol. The number of hydrogen-bond acceptors (Lipinski definition) is 4. The second-order valence-corrected chi connectivity index (χ2v) is 9.02. The third-order valence-corrected chi connectivity index (χ3v) is 7.02. The lowest BCUT2D eigenvalue weighted by Crippen LogP contribution is -2.32. The topological polar surface area (TPSA) is 92.0 Å². The third-order valence-electron chi connectivity index (χ3n) is 6.71. The maximum Gasteiger partial charge on any atom is 0.207 e. The summed E-state index contributed by atoms with van der Waals surface area (Å²) < 4.78 is 2.18. The van der Waals surface area contributed by atoms with Crippen LogP contribution < -0.4 is 11.1 Å². The van der Waals surface area contributed by atoms with E-state index in [-0.39, 0.29) is 6.17 Å². The van der Waals surface area contributed by atoms with E-state index in [1.54, 1.807) is 0 Å². The number of H-pyrrole nitrogens is 1. The van der Waals surface area contributed by atoms with E-state index in [1.807, 2.05) is 36.3 Å². The average Bonchev–Trinajstić information content (AvgIpc) is 3.38. The van der Waals surface area contributed by atoms with Crippen molar-refractivity contribution in [2.45, 2.75) is 37.8 Å². The van der Waals surface area contributed by atoms with Gasteiger partial charge < -0.3 is 25.5 Å². The smallest absolute Gasteiger partial charge is 0.207 e. The van der Waals surface area contributed by atoms with Crippen LogP contribution in [-0.2, 0) is 4.79 Å². The minimum absolute atomic E-state index is 0.281. The number of amides is 1. The number of carbonyl (C=O) groups excluding carboxylic acids is 1. The van der Waals surface area contributed by atoms with Gasteiger partial charge in [0, 0.05) is 37.3 Å². The Morgan fingerprint density at radius 2 is 2.10 bits per heavy atom. The zero-order chi connectivity index (χ0) is 21.5. The molecule has 1 aliphatic heterocycles. The molecule has 0 saturated heterocycles. The lowest BCUT2D eigenvalue weighted by Gasteiger charge is -2.31. The SMILES string of the molecule is CN1C=Cn2c(C3CCC(CNC=O)CC3)nc(-c3cc4cccc(Cl)c4[nH]3)c2C1N. The number of nitrogens with one attached hydrogen (secondary N) is 2. The maximum absolute atomic E-state index is 10.6. The van der Waals surface area contributed by atoms with Gasteiger partial charge in [-0.1, -0.05) is 23.7 Å². The number of fused-ring (bicyclic) bond motifs is 2. The summed E-state index contributed by atoms with van der Waals surface area (Å²) in [6, 6.07) is 7.99. The van der Waals surface area contributed by atoms with Crippen molar-refractivity contribution in [2.24, 2.45) is 11.7 Å². The molecule has 1 saturated carbocycles. The van der Waals surface area contributed by atoms with Gasteiger partial charge in [-0.25, -0.2) is 4.98 Å². The molecule has 0 spiro atoms. The van der Waals surface area contributed by atoms with Crippen molar-refractivity contribution in [2.75, 3.05) is 13.6 Å². The molecule has 2 aromatic heterocycles. The molecule has 0 radical (unpaired) electrons. The highest BCUT2D eigenvalue weighted by atomic mass is 35.5. The van der Waals surface area contributed by atoms with Crippen LogP contribution in [0.4, 0.5) is 0 Å². The molecule has 8 heteroatoms. The molecule has 3 aromatic rings. The standard InChI is InChI=1S/C23H27ClN6O/c1-29-9-10-30-21(22(29)25)20(18-11-16-3-2-4-17(24)19(16)27-18)28-23(30)15-7-5-14(6-8-15)12-26-13-31/h2-4,9-11,13-15,22,27H,5-8,12,25H2,1H3,(H,26,31). The van der Waals surface area contributed by atoms with E-state index in [9.17, 15) is 4.79 Å². The van der Waals surface area contributed by atoms with Gasteiger partial charge in [0.1, 0.15) is 17.7 Å². The summed E-state index contributed by atoms with van der Waals surface area (Å²) in [7, 11) is 1.98. The molecule has 5 rings (SSSR count). The van der Waals surface area contributed by atoms with E-state index < -0.39 is 0 Å². The summed E-state index contributed by atoms with van der Waals surface area (Å²) in [5.74, 6) is 1.97. The van der Waals surface area contributed by atoms with Crippen LogP contribution in [0.2, 0.25) is 5.02 Å². The fourth-order valence-corrected chi connectivity index (χ4v) is 5.16. The average molecular weight is 439 g/mol. The molecule has 1 fully saturated rings. The molecule has 3 heterocycles. The van der Waals surface area contributed by atoms with E-state index in [2.05, 4.69) is 27.1 Å². The Balaban J connectivity index is 1.54. The second-order valence-electron chi connectivity index (χ2n) is 8.61. The number of nitrogens with two attached hydrogens (primary N) is 1. The Labute approximate surface area is 186 Å². The van der Waals surface area contributed by atoms with E-state index in [4.69, 9.17) is 22.3 Å². The number of nitrogens with zero attached hydrogens (tertiary/aromatic N) is 3. The van der Waals surface area contributed by atoms with Crippen molar-refractivity contribution in [1.29, 1.82) is 0 Å². The van der Waals surface area contributed by atoms with Crippen LogP contribution in [0.3, 0.4) is 0 Å². The number of halogens is 1. The molecule has 1 unspecified atom stereocenters. The number of carbonyl (C=O) groups is 1. The quantitative estimate of drug-likeness (QED) is 0.524. The summed E-state index contributed by atoms with van der Waals surface area (Å²) in [4.78, 5) is 21.2. The molecule has 4 N–H and O–H groups in total. The Morgan fingerprint density at radius 3 is 2.84 bits per heavy atom. The molecule has 0 bridgehead atoms. The van der Waals surface area contributed by atoms with Crippen LogP contribution in [0.15, 0.2) is 30.5 Å². The summed E-state index contributed by atoms with van der Waals surface area (Å²) in [5.41, 5.74) is 10.3. The fourth-order valence-electron chi connectivity index (χ4n) is 4.93. The van der Waals surface area contributed by atoms with Crippen LogP contribution in [0.25, 0.3) is 28.5 Å². The number of aromatic amines is 1.